The highest BCUT2D eigenvalue weighted by Crippen LogP contribution is 2.22. The third-order valence-corrected chi connectivity index (χ3v) is 5.22. The number of rotatable bonds is 5. The van der Waals surface area contributed by atoms with Crippen LogP contribution in [0.4, 0.5) is 0 Å². The zero-order valence-electron chi connectivity index (χ0n) is 15.0. The highest BCUT2D eigenvalue weighted by molar-refractivity contribution is 7.71. The van der Waals surface area contributed by atoms with Crippen LogP contribution in [0, 0.1) is 4.77 Å². The summed E-state index contributed by atoms with van der Waals surface area (Å²) in [6, 6.07) is 10.0. The Labute approximate surface area is 176 Å². The molecule has 0 aliphatic rings. The van der Waals surface area contributed by atoms with E-state index < -0.39 is 0 Å². The lowest BCUT2D eigenvalue weighted by molar-refractivity contribution is 0.0785. The number of hydrogen-bond donors (Lipinski definition) is 1. The molecule has 0 aliphatic carbocycles. The van der Waals surface area contributed by atoms with Gasteiger partial charge in [0.25, 0.3) is 11.5 Å². The number of aromatic nitrogens is 2. The van der Waals surface area contributed by atoms with Crippen LogP contribution >= 0.6 is 35.4 Å². The number of fused-ring (bicyclic) bond motifs is 1. The Bertz CT molecular complexity index is 1200. The third kappa shape index (κ3) is 4.04. The molecule has 28 heavy (non-hydrogen) atoms. The minimum absolute atomic E-state index is 0.206. The van der Waals surface area contributed by atoms with Crippen molar-refractivity contribution in [2.45, 2.75) is 13.1 Å². The summed E-state index contributed by atoms with van der Waals surface area (Å²) in [5.41, 5.74) is 1.51. The number of carbonyl (C=O) groups is 1. The average molecular weight is 434 g/mol. The normalized spacial score (nSPS) is 10.8. The minimum Gasteiger partial charge on any atom is -0.337 e. The van der Waals surface area contributed by atoms with E-state index >= 15 is 0 Å². The molecule has 0 spiro atoms. The highest BCUT2D eigenvalue weighted by Gasteiger charge is 2.15. The summed E-state index contributed by atoms with van der Waals surface area (Å²) in [4.78, 5) is 30.0. The molecule has 1 aromatic heterocycles. The molecule has 0 atom stereocenters. The molecule has 8 heteroatoms. The number of halogens is 2. The van der Waals surface area contributed by atoms with Crippen molar-refractivity contribution in [3.63, 3.8) is 0 Å². The number of H-pyrrole nitrogens is 1. The van der Waals surface area contributed by atoms with Gasteiger partial charge in [0.15, 0.2) is 4.77 Å². The molecule has 0 unspecified atom stereocenters. The predicted octanol–water partition coefficient (Wildman–Crippen LogP) is 4.82. The summed E-state index contributed by atoms with van der Waals surface area (Å²) < 4.78 is 1.70. The summed E-state index contributed by atoms with van der Waals surface area (Å²) in [5, 5.41) is 1.49. The fourth-order valence-electron chi connectivity index (χ4n) is 2.88. The van der Waals surface area contributed by atoms with Crippen LogP contribution in [0.5, 0.6) is 0 Å². The molecule has 0 saturated heterocycles. The first-order valence-electron chi connectivity index (χ1n) is 8.39. The number of aromatic amines is 1. The molecule has 2 aromatic carbocycles. The first-order chi connectivity index (χ1) is 13.3. The fraction of sp³-hybridized carbons (Fsp3) is 0.150. The number of amides is 1. The van der Waals surface area contributed by atoms with Gasteiger partial charge in [-0.05, 0) is 48.1 Å². The second kappa shape index (κ2) is 8.31. The van der Waals surface area contributed by atoms with E-state index in [9.17, 15) is 9.59 Å². The van der Waals surface area contributed by atoms with Gasteiger partial charge in [-0.1, -0.05) is 35.3 Å². The van der Waals surface area contributed by atoms with Crippen molar-refractivity contribution in [1.29, 1.82) is 0 Å². The van der Waals surface area contributed by atoms with E-state index in [2.05, 4.69) is 11.6 Å². The minimum atomic E-state index is -0.223. The fourth-order valence-corrected chi connectivity index (χ4v) is 3.62. The maximum absolute atomic E-state index is 12.8. The van der Waals surface area contributed by atoms with Gasteiger partial charge in [-0.3, -0.25) is 14.2 Å². The lowest BCUT2D eigenvalue weighted by Crippen LogP contribution is -2.27. The molecule has 144 valence electrons. The van der Waals surface area contributed by atoms with Gasteiger partial charge in [-0.15, -0.1) is 6.58 Å². The van der Waals surface area contributed by atoms with E-state index in [1.54, 1.807) is 54.4 Å². The van der Waals surface area contributed by atoms with E-state index in [-0.39, 0.29) is 16.2 Å². The molecule has 0 saturated carbocycles. The second-order valence-corrected chi connectivity index (χ2v) is 7.52. The maximum Gasteiger partial charge on any atom is 0.262 e. The molecule has 5 nitrogen and oxygen atoms in total. The summed E-state index contributed by atoms with van der Waals surface area (Å²) in [5.74, 6) is -0.206. The Morgan fingerprint density at radius 1 is 1.29 bits per heavy atom. The van der Waals surface area contributed by atoms with E-state index in [1.165, 1.54) is 4.57 Å². The van der Waals surface area contributed by atoms with E-state index in [4.69, 9.17) is 35.4 Å². The van der Waals surface area contributed by atoms with Crippen LogP contribution in [-0.2, 0) is 13.1 Å². The van der Waals surface area contributed by atoms with Gasteiger partial charge in [-0.25, -0.2) is 0 Å². The molecule has 1 amide bonds. The first kappa shape index (κ1) is 20.3. The molecule has 0 aliphatic heterocycles. The van der Waals surface area contributed by atoms with Crippen molar-refractivity contribution < 1.29 is 4.79 Å². The van der Waals surface area contributed by atoms with E-state index in [0.29, 0.717) is 39.6 Å². The quantitative estimate of drug-likeness (QED) is 0.463. The Kier molecular flexibility index (Phi) is 6.03. The molecule has 3 rings (SSSR count). The van der Waals surface area contributed by atoms with Gasteiger partial charge in [0.2, 0.25) is 0 Å². The van der Waals surface area contributed by atoms with Crippen molar-refractivity contribution in [2.24, 2.45) is 0 Å². The zero-order valence-corrected chi connectivity index (χ0v) is 17.4. The van der Waals surface area contributed by atoms with Crippen LogP contribution in [0.25, 0.3) is 10.9 Å². The molecule has 1 N–H and O–H groups in total. The molecular weight excluding hydrogens is 417 g/mol. The Morgan fingerprint density at radius 3 is 2.71 bits per heavy atom. The largest absolute Gasteiger partial charge is 0.337 e. The van der Waals surface area contributed by atoms with Gasteiger partial charge in [0.1, 0.15) is 0 Å². The lowest BCUT2D eigenvalue weighted by atomic mass is 10.1. The van der Waals surface area contributed by atoms with Gasteiger partial charge >= 0.3 is 0 Å². The zero-order chi connectivity index (χ0) is 20.4. The predicted molar refractivity (Wildman–Crippen MR) is 116 cm³/mol. The molecule has 1 heterocycles. The van der Waals surface area contributed by atoms with Gasteiger partial charge in [0.05, 0.1) is 10.9 Å². The highest BCUT2D eigenvalue weighted by atomic mass is 35.5. The second-order valence-electron chi connectivity index (χ2n) is 6.29. The van der Waals surface area contributed by atoms with E-state index in [0.717, 1.165) is 5.56 Å². The SMILES string of the molecule is C=CCn1c(=S)[nH]c2cc(C(=O)N(C)Cc3ccc(Cl)cc3Cl)ccc2c1=O. The average Bonchev–Trinajstić information content (AvgIpc) is 2.66. The summed E-state index contributed by atoms with van der Waals surface area (Å²) in [7, 11) is 1.68. The number of benzene rings is 2. The lowest BCUT2D eigenvalue weighted by Gasteiger charge is -2.18. The Hall–Kier alpha value is -2.41. The topological polar surface area (TPSA) is 58.1 Å². The van der Waals surface area contributed by atoms with Crippen LogP contribution in [-0.4, -0.2) is 27.4 Å². The third-order valence-electron chi connectivity index (χ3n) is 4.31. The number of carbonyl (C=O) groups excluding carboxylic acids is 1. The number of nitrogens with one attached hydrogen (secondary N) is 1. The number of allylic oxidation sites excluding steroid dienone is 1. The van der Waals surface area contributed by atoms with Crippen LogP contribution in [0.3, 0.4) is 0 Å². The van der Waals surface area contributed by atoms with Crippen molar-refractivity contribution in [1.82, 2.24) is 14.5 Å². The summed E-state index contributed by atoms with van der Waals surface area (Å²) in [6.07, 6.45) is 1.60. The van der Waals surface area contributed by atoms with Crippen LogP contribution < -0.4 is 5.56 Å². The first-order valence-corrected chi connectivity index (χ1v) is 9.55. The van der Waals surface area contributed by atoms with Gasteiger partial charge < -0.3 is 9.88 Å². The summed E-state index contributed by atoms with van der Waals surface area (Å²) in [6.45, 7) is 4.27. The van der Waals surface area contributed by atoms with Crippen LogP contribution in [0.1, 0.15) is 15.9 Å². The van der Waals surface area contributed by atoms with Gasteiger partial charge in [-0.2, -0.15) is 0 Å². The molecular formula is C20H17Cl2N3O2S. The monoisotopic (exact) mass is 433 g/mol. The smallest absolute Gasteiger partial charge is 0.262 e. The van der Waals surface area contributed by atoms with Gasteiger partial charge in [0, 0.05) is 35.7 Å². The molecule has 0 bridgehead atoms. The Balaban J connectivity index is 1.93. The van der Waals surface area contributed by atoms with Crippen molar-refractivity contribution >= 4 is 52.2 Å². The molecule has 0 radical (unpaired) electrons. The molecule has 3 aromatic rings. The van der Waals surface area contributed by atoms with Crippen LogP contribution in [0.2, 0.25) is 10.0 Å². The number of hydrogen-bond acceptors (Lipinski definition) is 3. The number of nitrogens with zero attached hydrogens (tertiary/aromatic N) is 2. The van der Waals surface area contributed by atoms with E-state index in [1.807, 2.05) is 0 Å². The summed E-state index contributed by atoms with van der Waals surface area (Å²) >= 11 is 17.4. The molecule has 0 fully saturated rings. The maximum atomic E-state index is 12.8. The van der Waals surface area contributed by atoms with Crippen molar-refractivity contribution in [3.05, 3.63) is 85.4 Å². The van der Waals surface area contributed by atoms with Crippen molar-refractivity contribution in [2.75, 3.05) is 7.05 Å². The van der Waals surface area contributed by atoms with Crippen molar-refractivity contribution in [3.8, 4) is 0 Å². The Morgan fingerprint density at radius 2 is 2.04 bits per heavy atom. The van der Waals surface area contributed by atoms with Crippen LogP contribution in [0.15, 0.2) is 53.8 Å². The standard InChI is InChI=1S/C20H17Cl2N3O2S/c1-3-8-25-19(27)15-7-5-12(9-17(15)23-20(25)28)18(26)24(2)11-13-4-6-14(21)10-16(13)22/h3-7,9-10H,1,8,11H2,2H3,(H,23,28).